The number of halogens is 2. The quantitative estimate of drug-likeness (QED) is 0.788. The standard InChI is InChI=1S/C14H18Cl2O/c1-3-8-5-6-9-7-11(15)14(17)13(16)12(9)10(8)4-2/h7-8,10,17H,3-6H2,1-2H3. The molecule has 0 saturated carbocycles. The Morgan fingerprint density at radius 3 is 2.59 bits per heavy atom. The van der Waals surface area contributed by atoms with Crippen molar-refractivity contribution in [2.75, 3.05) is 0 Å². The molecule has 0 aromatic heterocycles. The lowest BCUT2D eigenvalue weighted by Crippen LogP contribution is -2.20. The summed E-state index contributed by atoms with van der Waals surface area (Å²) in [7, 11) is 0. The summed E-state index contributed by atoms with van der Waals surface area (Å²) in [5.41, 5.74) is 2.35. The maximum atomic E-state index is 9.87. The van der Waals surface area contributed by atoms with Gasteiger partial charge in [-0.05, 0) is 48.3 Å². The van der Waals surface area contributed by atoms with E-state index in [4.69, 9.17) is 23.2 Å². The minimum atomic E-state index is 0.0438. The second-order valence-electron chi connectivity index (χ2n) is 4.82. The summed E-state index contributed by atoms with van der Waals surface area (Å²) in [6.07, 6.45) is 4.44. The molecule has 0 saturated heterocycles. The van der Waals surface area contributed by atoms with Crippen molar-refractivity contribution in [1.29, 1.82) is 0 Å². The van der Waals surface area contributed by atoms with Gasteiger partial charge in [-0.2, -0.15) is 0 Å². The van der Waals surface area contributed by atoms with Crippen molar-refractivity contribution in [3.63, 3.8) is 0 Å². The molecule has 1 nitrogen and oxygen atoms in total. The monoisotopic (exact) mass is 272 g/mol. The zero-order valence-electron chi connectivity index (χ0n) is 10.3. The molecule has 0 heterocycles. The lowest BCUT2D eigenvalue weighted by atomic mass is 9.72. The second-order valence-corrected chi connectivity index (χ2v) is 5.60. The van der Waals surface area contributed by atoms with E-state index in [9.17, 15) is 5.11 Å². The van der Waals surface area contributed by atoms with Crippen LogP contribution in [0.5, 0.6) is 5.75 Å². The highest BCUT2D eigenvalue weighted by atomic mass is 35.5. The van der Waals surface area contributed by atoms with Crippen LogP contribution in [0.3, 0.4) is 0 Å². The van der Waals surface area contributed by atoms with Gasteiger partial charge in [0.1, 0.15) is 0 Å². The van der Waals surface area contributed by atoms with Crippen molar-refractivity contribution in [2.24, 2.45) is 5.92 Å². The third-order valence-corrected chi connectivity index (χ3v) is 4.68. The third-order valence-electron chi connectivity index (χ3n) is 4.01. The van der Waals surface area contributed by atoms with Crippen LogP contribution < -0.4 is 0 Å². The van der Waals surface area contributed by atoms with Gasteiger partial charge < -0.3 is 5.11 Å². The van der Waals surface area contributed by atoms with Gasteiger partial charge in [0.2, 0.25) is 0 Å². The number of hydrogen-bond acceptors (Lipinski definition) is 1. The van der Waals surface area contributed by atoms with Gasteiger partial charge in [0, 0.05) is 0 Å². The molecule has 94 valence electrons. The maximum absolute atomic E-state index is 9.87. The van der Waals surface area contributed by atoms with Crippen LogP contribution in [0.25, 0.3) is 0 Å². The number of aromatic hydroxyl groups is 1. The number of phenols is 1. The summed E-state index contributed by atoms with van der Waals surface area (Å²) in [5.74, 6) is 1.17. The fourth-order valence-corrected chi connectivity index (χ4v) is 3.72. The molecule has 0 aliphatic heterocycles. The summed E-state index contributed by atoms with van der Waals surface area (Å²) < 4.78 is 0. The Morgan fingerprint density at radius 2 is 2.00 bits per heavy atom. The van der Waals surface area contributed by atoms with Gasteiger partial charge in [0.05, 0.1) is 10.0 Å². The molecular formula is C14H18Cl2O. The van der Waals surface area contributed by atoms with Crippen LogP contribution in [0.15, 0.2) is 6.07 Å². The fraction of sp³-hybridized carbons (Fsp3) is 0.571. The molecule has 0 bridgehead atoms. The van der Waals surface area contributed by atoms with Gasteiger partial charge >= 0.3 is 0 Å². The second kappa shape index (κ2) is 5.07. The highest BCUT2D eigenvalue weighted by Gasteiger charge is 2.30. The molecule has 0 amide bonds. The third kappa shape index (κ3) is 2.15. The lowest BCUT2D eigenvalue weighted by molar-refractivity contribution is 0.351. The zero-order chi connectivity index (χ0) is 12.6. The predicted octanol–water partition coefficient (Wildman–Crippen LogP) is 5.17. The van der Waals surface area contributed by atoms with Crippen molar-refractivity contribution in [3.8, 4) is 5.75 Å². The van der Waals surface area contributed by atoms with E-state index in [1.165, 1.54) is 12.0 Å². The normalized spacial score (nSPS) is 23.5. The number of phenolic OH excluding ortho intramolecular Hbond substituents is 1. The van der Waals surface area contributed by atoms with E-state index >= 15 is 0 Å². The lowest BCUT2D eigenvalue weighted by Gasteiger charge is -2.33. The first-order valence-corrected chi connectivity index (χ1v) is 7.05. The summed E-state index contributed by atoms with van der Waals surface area (Å²) in [5, 5.41) is 10.7. The smallest absolute Gasteiger partial charge is 0.153 e. The number of hydrogen-bond donors (Lipinski definition) is 1. The number of benzene rings is 1. The highest BCUT2D eigenvalue weighted by molar-refractivity contribution is 6.37. The molecule has 1 aromatic rings. The number of aryl methyl sites for hydroxylation is 1. The van der Waals surface area contributed by atoms with Crippen LogP contribution in [0.4, 0.5) is 0 Å². The summed E-state index contributed by atoms with van der Waals surface area (Å²) in [6.45, 7) is 4.41. The van der Waals surface area contributed by atoms with E-state index in [2.05, 4.69) is 13.8 Å². The van der Waals surface area contributed by atoms with E-state index in [-0.39, 0.29) is 5.75 Å². The van der Waals surface area contributed by atoms with Crippen LogP contribution in [0, 0.1) is 5.92 Å². The van der Waals surface area contributed by atoms with Crippen LogP contribution in [-0.4, -0.2) is 5.11 Å². The molecule has 1 aliphatic carbocycles. The topological polar surface area (TPSA) is 20.2 Å². The molecule has 2 rings (SSSR count). The van der Waals surface area contributed by atoms with Crippen LogP contribution in [0.2, 0.25) is 10.0 Å². The minimum absolute atomic E-state index is 0.0438. The van der Waals surface area contributed by atoms with Gasteiger partial charge in [0.15, 0.2) is 5.75 Å². The molecule has 1 N–H and O–H groups in total. The van der Waals surface area contributed by atoms with Crippen molar-refractivity contribution in [3.05, 3.63) is 27.2 Å². The molecule has 2 unspecified atom stereocenters. The Kier molecular flexibility index (Phi) is 3.89. The molecule has 0 radical (unpaired) electrons. The average Bonchev–Trinajstić information content (AvgIpc) is 2.34. The molecule has 2 atom stereocenters. The molecule has 1 aliphatic rings. The Bertz CT molecular complexity index is 429. The predicted molar refractivity (Wildman–Crippen MR) is 73.3 cm³/mol. The van der Waals surface area contributed by atoms with Crippen molar-refractivity contribution >= 4 is 23.2 Å². The van der Waals surface area contributed by atoms with Crippen LogP contribution in [-0.2, 0) is 6.42 Å². The zero-order valence-corrected chi connectivity index (χ0v) is 11.8. The number of rotatable bonds is 2. The summed E-state index contributed by atoms with van der Waals surface area (Å²) in [4.78, 5) is 0. The molecule has 0 spiro atoms. The Labute approximate surface area is 113 Å². The van der Waals surface area contributed by atoms with Gasteiger partial charge in [0.25, 0.3) is 0 Å². The minimum Gasteiger partial charge on any atom is -0.505 e. The van der Waals surface area contributed by atoms with E-state index in [1.807, 2.05) is 6.07 Å². The Balaban J connectivity index is 2.56. The first-order chi connectivity index (χ1) is 8.10. The molecule has 0 fully saturated rings. The fourth-order valence-electron chi connectivity index (χ4n) is 3.08. The van der Waals surface area contributed by atoms with Crippen molar-refractivity contribution in [1.82, 2.24) is 0 Å². The largest absolute Gasteiger partial charge is 0.505 e. The van der Waals surface area contributed by atoms with Crippen LogP contribution >= 0.6 is 23.2 Å². The first-order valence-electron chi connectivity index (χ1n) is 6.29. The average molecular weight is 273 g/mol. The van der Waals surface area contributed by atoms with Gasteiger partial charge in [-0.3, -0.25) is 0 Å². The van der Waals surface area contributed by atoms with Gasteiger partial charge in [-0.1, -0.05) is 43.5 Å². The molecule has 1 aromatic carbocycles. The maximum Gasteiger partial charge on any atom is 0.153 e. The van der Waals surface area contributed by atoms with Gasteiger partial charge in [-0.25, -0.2) is 0 Å². The molecule has 17 heavy (non-hydrogen) atoms. The number of fused-ring (bicyclic) bond motifs is 1. The van der Waals surface area contributed by atoms with E-state index in [0.717, 1.165) is 24.8 Å². The van der Waals surface area contributed by atoms with Gasteiger partial charge in [-0.15, -0.1) is 0 Å². The Hall–Kier alpha value is -0.400. The summed E-state index contributed by atoms with van der Waals surface area (Å²) in [6, 6.07) is 1.88. The van der Waals surface area contributed by atoms with Crippen LogP contribution in [0.1, 0.15) is 50.2 Å². The first kappa shape index (κ1) is 13.0. The van der Waals surface area contributed by atoms with Crippen molar-refractivity contribution in [2.45, 2.75) is 45.4 Å². The molecule has 3 heteroatoms. The summed E-state index contributed by atoms with van der Waals surface area (Å²) >= 11 is 12.3. The SMILES string of the molecule is CCC1CCc2cc(Cl)c(O)c(Cl)c2C1CC. The van der Waals surface area contributed by atoms with E-state index in [0.29, 0.717) is 21.9 Å². The highest BCUT2D eigenvalue weighted by Crippen LogP contribution is 2.48. The van der Waals surface area contributed by atoms with E-state index in [1.54, 1.807) is 0 Å². The van der Waals surface area contributed by atoms with Crippen molar-refractivity contribution < 1.29 is 5.11 Å². The molecular weight excluding hydrogens is 255 g/mol. The Morgan fingerprint density at radius 1 is 1.29 bits per heavy atom. The van der Waals surface area contributed by atoms with E-state index < -0.39 is 0 Å².